The van der Waals surface area contributed by atoms with Gasteiger partial charge in [-0.2, -0.15) is 0 Å². The lowest BCUT2D eigenvalue weighted by Crippen LogP contribution is -2.41. The molecule has 108 valence electrons. The van der Waals surface area contributed by atoms with E-state index in [2.05, 4.69) is 0 Å². The lowest BCUT2D eigenvalue weighted by atomic mass is 10.2. The van der Waals surface area contributed by atoms with Gasteiger partial charge in [-0.25, -0.2) is 8.78 Å². The van der Waals surface area contributed by atoms with Crippen LogP contribution < -0.4 is 10.9 Å². The highest BCUT2D eigenvalue weighted by Gasteiger charge is 2.13. The lowest BCUT2D eigenvalue weighted by molar-refractivity contribution is 0.0844. The molecule has 2 aromatic carbocycles. The van der Waals surface area contributed by atoms with Crippen molar-refractivity contribution in [3.8, 4) is 5.75 Å². The van der Waals surface area contributed by atoms with Crippen LogP contribution in [0.4, 0.5) is 8.78 Å². The van der Waals surface area contributed by atoms with Gasteiger partial charge >= 0.3 is 0 Å². The largest absolute Gasteiger partial charge is 0.507 e. The topological polar surface area (TPSA) is 78.4 Å². The van der Waals surface area contributed by atoms with Gasteiger partial charge in [-0.05, 0) is 24.3 Å². The van der Waals surface area contributed by atoms with E-state index in [0.717, 1.165) is 12.1 Å². The average molecular weight is 292 g/mol. The van der Waals surface area contributed by atoms with E-state index in [9.17, 15) is 23.5 Å². The minimum absolute atomic E-state index is 0.0526. The van der Waals surface area contributed by atoms with E-state index in [1.54, 1.807) is 0 Å². The number of hydrazine groups is 1. The molecule has 0 saturated carbocycles. The molecule has 0 radical (unpaired) electrons. The molecule has 2 rings (SSSR count). The molecule has 5 nitrogen and oxygen atoms in total. The maximum Gasteiger partial charge on any atom is 0.273 e. The molecule has 0 saturated heterocycles. The first-order valence-electron chi connectivity index (χ1n) is 5.82. The van der Waals surface area contributed by atoms with Gasteiger partial charge in [0.2, 0.25) is 0 Å². The summed E-state index contributed by atoms with van der Waals surface area (Å²) in [4.78, 5) is 23.3. The number of phenolic OH excluding ortho intramolecular Hbond substituents is 1. The second-order valence-corrected chi connectivity index (χ2v) is 4.08. The predicted octanol–water partition coefficient (Wildman–Crippen LogP) is 1.75. The number of benzene rings is 2. The van der Waals surface area contributed by atoms with Gasteiger partial charge in [-0.3, -0.25) is 20.4 Å². The number of phenols is 1. The summed E-state index contributed by atoms with van der Waals surface area (Å²) in [6.07, 6.45) is 0. The van der Waals surface area contributed by atoms with Crippen molar-refractivity contribution in [1.29, 1.82) is 0 Å². The molecule has 0 fully saturated rings. The molecular weight excluding hydrogens is 282 g/mol. The van der Waals surface area contributed by atoms with Crippen LogP contribution in [0.25, 0.3) is 0 Å². The summed E-state index contributed by atoms with van der Waals surface area (Å²) in [6, 6.07) is 7.97. The first kappa shape index (κ1) is 14.4. The zero-order chi connectivity index (χ0) is 15.4. The SMILES string of the molecule is O=C(NNC(=O)c1ccccc1O)c1cc(F)cc(F)c1. The molecule has 2 aromatic rings. The quantitative estimate of drug-likeness (QED) is 0.738. The molecule has 21 heavy (non-hydrogen) atoms. The van der Waals surface area contributed by atoms with E-state index in [1.165, 1.54) is 24.3 Å². The van der Waals surface area contributed by atoms with E-state index in [1.807, 2.05) is 10.9 Å². The van der Waals surface area contributed by atoms with Gasteiger partial charge in [0.25, 0.3) is 11.8 Å². The smallest absolute Gasteiger partial charge is 0.273 e. The molecule has 0 heterocycles. The number of amides is 2. The first-order chi connectivity index (χ1) is 9.97. The van der Waals surface area contributed by atoms with E-state index in [0.29, 0.717) is 6.07 Å². The second-order valence-electron chi connectivity index (χ2n) is 4.08. The van der Waals surface area contributed by atoms with Crippen LogP contribution in [0.2, 0.25) is 0 Å². The standard InChI is InChI=1S/C14H10F2N2O3/c15-9-5-8(6-10(16)7-9)13(20)17-18-14(21)11-3-1-2-4-12(11)19/h1-7,19H,(H,17,20)(H,18,21). The van der Waals surface area contributed by atoms with Crippen molar-refractivity contribution in [3.63, 3.8) is 0 Å². The Kier molecular flexibility index (Phi) is 4.13. The Labute approximate surface area is 118 Å². The third kappa shape index (κ3) is 3.53. The van der Waals surface area contributed by atoms with Gasteiger partial charge in [0, 0.05) is 11.6 Å². The fraction of sp³-hybridized carbons (Fsp3) is 0. The van der Waals surface area contributed by atoms with Gasteiger partial charge in [-0.15, -0.1) is 0 Å². The zero-order valence-electron chi connectivity index (χ0n) is 10.6. The number of rotatable bonds is 2. The molecule has 3 N–H and O–H groups in total. The maximum atomic E-state index is 13.0. The van der Waals surface area contributed by atoms with Crippen LogP contribution >= 0.6 is 0 Å². The Morgan fingerprint density at radius 1 is 0.905 bits per heavy atom. The average Bonchev–Trinajstić information content (AvgIpc) is 2.43. The Balaban J connectivity index is 2.04. The number of hydrogen-bond donors (Lipinski definition) is 3. The molecule has 0 spiro atoms. The van der Waals surface area contributed by atoms with Crippen molar-refractivity contribution in [2.75, 3.05) is 0 Å². The molecule has 0 atom stereocenters. The highest BCUT2D eigenvalue weighted by Crippen LogP contribution is 2.14. The molecule has 2 amide bonds. The molecule has 0 aromatic heterocycles. The van der Waals surface area contributed by atoms with Gasteiger partial charge in [0.05, 0.1) is 5.56 Å². The molecule has 0 unspecified atom stereocenters. The lowest BCUT2D eigenvalue weighted by Gasteiger charge is -2.08. The second kappa shape index (κ2) is 6.00. The first-order valence-corrected chi connectivity index (χ1v) is 5.82. The summed E-state index contributed by atoms with van der Waals surface area (Å²) in [6.45, 7) is 0. The summed E-state index contributed by atoms with van der Waals surface area (Å²) in [5.74, 6) is -3.74. The molecule has 0 aliphatic carbocycles. The van der Waals surface area contributed by atoms with Gasteiger partial charge in [0.15, 0.2) is 0 Å². The van der Waals surface area contributed by atoms with Crippen LogP contribution in [0, 0.1) is 11.6 Å². The highest BCUT2D eigenvalue weighted by atomic mass is 19.1. The Bertz CT molecular complexity index is 684. The minimum atomic E-state index is -0.910. The van der Waals surface area contributed by atoms with E-state index < -0.39 is 23.4 Å². The van der Waals surface area contributed by atoms with E-state index >= 15 is 0 Å². The van der Waals surface area contributed by atoms with E-state index in [4.69, 9.17) is 0 Å². The van der Waals surface area contributed by atoms with Crippen LogP contribution in [-0.4, -0.2) is 16.9 Å². The summed E-state index contributed by atoms with van der Waals surface area (Å²) < 4.78 is 25.9. The number of halogens is 2. The van der Waals surface area contributed by atoms with Crippen molar-refractivity contribution in [2.24, 2.45) is 0 Å². The molecule has 7 heteroatoms. The third-order valence-corrected chi connectivity index (χ3v) is 2.56. The van der Waals surface area contributed by atoms with Crippen LogP contribution in [0.1, 0.15) is 20.7 Å². The van der Waals surface area contributed by atoms with Gasteiger partial charge in [-0.1, -0.05) is 12.1 Å². The highest BCUT2D eigenvalue weighted by molar-refractivity contribution is 6.00. The van der Waals surface area contributed by atoms with Crippen LogP contribution in [0.15, 0.2) is 42.5 Å². The Morgan fingerprint density at radius 2 is 1.48 bits per heavy atom. The maximum absolute atomic E-state index is 13.0. The Morgan fingerprint density at radius 3 is 2.10 bits per heavy atom. The number of aromatic hydroxyl groups is 1. The predicted molar refractivity (Wildman–Crippen MR) is 69.4 cm³/mol. The third-order valence-electron chi connectivity index (χ3n) is 2.56. The van der Waals surface area contributed by atoms with E-state index in [-0.39, 0.29) is 16.9 Å². The fourth-order valence-electron chi connectivity index (χ4n) is 1.60. The fourth-order valence-corrected chi connectivity index (χ4v) is 1.60. The van der Waals surface area contributed by atoms with Crippen LogP contribution in [-0.2, 0) is 0 Å². The van der Waals surface area contributed by atoms with Gasteiger partial charge < -0.3 is 5.11 Å². The van der Waals surface area contributed by atoms with Gasteiger partial charge in [0.1, 0.15) is 17.4 Å². The minimum Gasteiger partial charge on any atom is -0.507 e. The summed E-state index contributed by atoms with van der Waals surface area (Å²) in [7, 11) is 0. The number of nitrogens with one attached hydrogen (secondary N) is 2. The van der Waals surface area contributed by atoms with Crippen molar-refractivity contribution >= 4 is 11.8 Å². The van der Waals surface area contributed by atoms with Crippen molar-refractivity contribution < 1.29 is 23.5 Å². The number of carbonyl (C=O) groups excluding carboxylic acids is 2. The normalized spacial score (nSPS) is 10.0. The summed E-state index contributed by atoms with van der Waals surface area (Å²) >= 11 is 0. The number of carbonyl (C=O) groups is 2. The van der Waals surface area contributed by atoms with Crippen molar-refractivity contribution in [2.45, 2.75) is 0 Å². The summed E-state index contributed by atoms with van der Waals surface area (Å²) in [5.41, 5.74) is 3.69. The number of hydrogen-bond acceptors (Lipinski definition) is 3. The molecular formula is C14H10F2N2O3. The zero-order valence-corrected chi connectivity index (χ0v) is 10.6. The molecule has 0 aliphatic heterocycles. The molecule has 0 bridgehead atoms. The monoisotopic (exact) mass is 292 g/mol. The van der Waals surface area contributed by atoms with Crippen LogP contribution in [0.3, 0.4) is 0 Å². The van der Waals surface area contributed by atoms with Crippen LogP contribution in [0.5, 0.6) is 5.75 Å². The number of para-hydroxylation sites is 1. The van der Waals surface area contributed by atoms with Crippen molar-refractivity contribution in [3.05, 3.63) is 65.2 Å². The molecule has 0 aliphatic rings. The summed E-state index contributed by atoms with van der Waals surface area (Å²) in [5, 5.41) is 9.46. The Hall–Kier alpha value is -2.96. The van der Waals surface area contributed by atoms with Crippen molar-refractivity contribution in [1.82, 2.24) is 10.9 Å².